The number of amidine groups is 1. The van der Waals surface area contributed by atoms with Crippen LogP contribution < -0.4 is 10.6 Å². The molecule has 7 heteroatoms. The van der Waals surface area contributed by atoms with Crippen molar-refractivity contribution in [3.8, 4) is 0 Å². The molecule has 1 aromatic rings. The van der Waals surface area contributed by atoms with Crippen LogP contribution in [0.5, 0.6) is 0 Å². The summed E-state index contributed by atoms with van der Waals surface area (Å²) < 4.78 is 0. The number of rotatable bonds is 4. The summed E-state index contributed by atoms with van der Waals surface area (Å²) in [6.07, 6.45) is 0.0946. The summed E-state index contributed by atoms with van der Waals surface area (Å²) in [5.74, 6) is -0.410. The molecule has 1 saturated heterocycles. The highest BCUT2D eigenvalue weighted by atomic mass is 32.2. The number of hydrogen-bond donors (Lipinski definition) is 2. The number of nitrogens with zero attached hydrogens (tertiary/aromatic N) is 2. The zero-order chi connectivity index (χ0) is 17.0. The molecular formula is C16H20N4O2S. The van der Waals surface area contributed by atoms with Crippen molar-refractivity contribution in [2.45, 2.75) is 39.4 Å². The summed E-state index contributed by atoms with van der Waals surface area (Å²) in [5, 5.41) is 13.3. The Labute approximate surface area is 139 Å². The lowest BCUT2D eigenvalue weighted by Crippen LogP contribution is -2.28. The van der Waals surface area contributed by atoms with E-state index in [0.29, 0.717) is 5.17 Å². The highest BCUT2D eigenvalue weighted by molar-refractivity contribution is 8.15. The van der Waals surface area contributed by atoms with Gasteiger partial charge in [0.15, 0.2) is 5.17 Å². The van der Waals surface area contributed by atoms with E-state index in [9.17, 15) is 9.59 Å². The minimum absolute atomic E-state index is 0.0946. The quantitative estimate of drug-likeness (QED) is 0.657. The van der Waals surface area contributed by atoms with Crippen molar-refractivity contribution in [2.24, 2.45) is 10.2 Å². The highest BCUT2D eigenvalue weighted by Gasteiger charge is 2.32. The van der Waals surface area contributed by atoms with Gasteiger partial charge in [-0.1, -0.05) is 17.8 Å². The zero-order valence-corrected chi connectivity index (χ0v) is 14.5. The first-order valence-corrected chi connectivity index (χ1v) is 8.16. The SMILES string of the molecule is CC(C)=N/N=C1\NC(=O)[C@@H](CC(=O)Nc2cc(C)cc(C)c2)S1. The molecule has 2 amide bonds. The van der Waals surface area contributed by atoms with Gasteiger partial charge in [0.25, 0.3) is 0 Å². The van der Waals surface area contributed by atoms with E-state index in [0.717, 1.165) is 22.5 Å². The maximum Gasteiger partial charge on any atom is 0.240 e. The normalized spacial score (nSPS) is 18.7. The molecule has 1 heterocycles. The predicted molar refractivity (Wildman–Crippen MR) is 94.9 cm³/mol. The average molecular weight is 332 g/mol. The van der Waals surface area contributed by atoms with Gasteiger partial charge in [-0.05, 0) is 51.0 Å². The summed E-state index contributed by atoms with van der Waals surface area (Å²) in [7, 11) is 0. The molecule has 0 bridgehead atoms. The van der Waals surface area contributed by atoms with Crippen LogP contribution in [-0.2, 0) is 9.59 Å². The van der Waals surface area contributed by atoms with Crippen LogP contribution in [0.1, 0.15) is 31.4 Å². The third-order valence-electron chi connectivity index (χ3n) is 2.99. The van der Waals surface area contributed by atoms with Crippen LogP contribution in [0.3, 0.4) is 0 Å². The number of aryl methyl sites for hydroxylation is 2. The van der Waals surface area contributed by atoms with E-state index in [1.807, 2.05) is 45.9 Å². The minimum atomic E-state index is -0.480. The Morgan fingerprint density at radius 2 is 1.91 bits per heavy atom. The second-order valence-corrected chi connectivity index (χ2v) is 6.87. The Bertz CT molecular complexity index is 673. The third-order valence-corrected chi connectivity index (χ3v) is 4.07. The standard InChI is InChI=1S/C16H20N4O2S/c1-9(2)19-20-16-18-15(22)13(23-16)8-14(21)17-12-6-10(3)5-11(4)7-12/h5-7,13H,8H2,1-4H3,(H,17,21)(H,18,20,22)/t13-/m1/s1. The Balaban J connectivity index is 1.96. The van der Waals surface area contributed by atoms with Crippen molar-refractivity contribution in [3.63, 3.8) is 0 Å². The van der Waals surface area contributed by atoms with E-state index in [-0.39, 0.29) is 18.2 Å². The molecule has 2 rings (SSSR count). The Morgan fingerprint density at radius 3 is 2.52 bits per heavy atom. The molecule has 122 valence electrons. The number of nitrogens with one attached hydrogen (secondary N) is 2. The topological polar surface area (TPSA) is 82.9 Å². The van der Waals surface area contributed by atoms with E-state index in [4.69, 9.17) is 0 Å². The molecule has 0 unspecified atom stereocenters. The molecule has 2 N–H and O–H groups in total. The molecule has 6 nitrogen and oxygen atoms in total. The van der Waals surface area contributed by atoms with E-state index < -0.39 is 5.25 Å². The van der Waals surface area contributed by atoms with Crippen LogP contribution in [-0.4, -0.2) is 27.9 Å². The number of carbonyl (C=O) groups excluding carboxylic acids is 2. The van der Waals surface area contributed by atoms with Crippen LogP contribution in [0.15, 0.2) is 28.4 Å². The number of amides is 2. The molecule has 1 fully saturated rings. The van der Waals surface area contributed by atoms with Gasteiger partial charge in [-0.15, -0.1) is 5.10 Å². The average Bonchev–Trinajstić information content (AvgIpc) is 2.75. The smallest absolute Gasteiger partial charge is 0.240 e. The number of hydrogen-bond acceptors (Lipinski definition) is 5. The fraction of sp³-hybridized carbons (Fsp3) is 0.375. The first kappa shape index (κ1) is 17.2. The summed E-state index contributed by atoms with van der Waals surface area (Å²) in [6, 6.07) is 5.84. The third kappa shape index (κ3) is 5.21. The minimum Gasteiger partial charge on any atom is -0.326 e. The first-order chi connectivity index (χ1) is 10.8. The largest absolute Gasteiger partial charge is 0.326 e. The lowest BCUT2D eigenvalue weighted by Gasteiger charge is -2.09. The van der Waals surface area contributed by atoms with E-state index in [1.165, 1.54) is 11.8 Å². The Hall–Kier alpha value is -2.15. The van der Waals surface area contributed by atoms with Gasteiger partial charge in [0, 0.05) is 17.8 Å². The maximum absolute atomic E-state index is 12.1. The molecule has 1 aliphatic heterocycles. The molecule has 0 aromatic heterocycles. The number of anilines is 1. The van der Waals surface area contributed by atoms with Gasteiger partial charge in [-0.2, -0.15) is 5.10 Å². The van der Waals surface area contributed by atoms with Crippen molar-refractivity contribution in [1.82, 2.24) is 5.32 Å². The van der Waals surface area contributed by atoms with E-state index in [2.05, 4.69) is 20.8 Å². The Kier molecular flexibility index (Phi) is 5.54. The second kappa shape index (κ2) is 7.41. The summed E-state index contributed by atoms with van der Waals surface area (Å²) in [6.45, 7) is 7.59. The predicted octanol–water partition coefficient (Wildman–Crippen LogP) is 2.62. The van der Waals surface area contributed by atoms with Crippen molar-refractivity contribution in [2.75, 3.05) is 5.32 Å². The van der Waals surface area contributed by atoms with Gasteiger partial charge in [-0.25, -0.2) is 0 Å². The summed E-state index contributed by atoms with van der Waals surface area (Å²) in [4.78, 5) is 24.0. The molecule has 0 spiro atoms. The lowest BCUT2D eigenvalue weighted by molar-refractivity contribution is -0.122. The van der Waals surface area contributed by atoms with Crippen LogP contribution in [0.4, 0.5) is 5.69 Å². The van der Waals surface area contributed by atoms with E-state index >= 15 is 0 Å². The van der Waals surface area contributed by atoms with Crippen molar-refractivity contribution in [1.29, 1.82) is 0 Å². The first-order valence-electron chi connectivity index (χ1n) is 7.28. The summed E-state index contributed by atoms with van der Waals surface area (Å²) in [5.41, 5.74) is 3.70. The fourth-order valence-electron chi connectivity index (χ4n) is 2.16. The molecule has 23 heavy (non-hydrogen) atoms. The maximum atomic E-state index is 12.1. The number of carbonyl (C=O) groups is 2. The zero-order valence-electron chi connectivity index (χ0n) is 13.6. The molecule has 0 aliphatic carbocycles. The molecule has 1 atom stereocenters. The fourth-order valence-corrected chi connectivity index (χ4v) is 3.08. The van der Waals surface area contributed by atoms with Gasteiger partial charge in [-0.3, -0.25) is 9.59 Å². The van der Waals surface area contributed by atoms with Gasteiger partial charge in [0.05, 0.1) is 0 Å². The molecule has 1 aromatic carbocycles. The van der Waals surface area contributed by atoms with Crippen LogP contribution >= 0.6 is 11.8 Å². The van der Waals surface area contributed by atoms with Gasteiger partial charge >= 0.3 is 0 Å². The molecular weight excluding hydrogens is 312 g/mol. The Morgan fingerprint density at radius 1 is 1.26 bits per heavy atom. The monoisotopic (exact) mass is 332 g/mol. The van der Waals surface area contributed by atoms with Crippen molar-refractivity contribution in [3.05, 3.63) is 29.3 Å². The molecule has 1 aliphatic rings. The van der Waals surface area contributed by atoms with Crippen LogP contribution in [0.25, 0.3) is 0 Å². The van der Waals surface area contributed by atoms with Crippen molar-refractivity contribution >= 4 is 40.1 Å². The van der Waals surface area contributed by atoms with Gasteiger partial charge in [0.1, 0.15) is 5.25 Å². The van der Waals surface area contributed by atoms with Crippen LogP contribution in [0.2, 0.25) is 0 Å². The number of benzene rings is 1. The van der Waals surface area contributed by atoms with Crippen LogP contribution in [0, 0.1) is 13.8 Å². The van der Waals surface area contributed by atoms with Gasteiger partial charge < -0.3 is 10.6 Å². The molecule has 0 saturated carbocycles. The summed E-state index contributed by atoms with van der Waals surface area (Å²) >= 11 is 1.23. The molecule has 0 radical (unpaired) electrons. The second-order valence-electron chi connectivity index (χ2n) is 5.68. The lowest BCUT2D eigenvalue weighted by atomic mass is 10.1. The highest BCUT2D eigenvalue weighted by Crippen LogP contribution is 2.23. The van der Waals surface area contributed by atoms with Crippen molar-refractivity contribution < 1.29 is 9.59 Å². The van der Waals surface area contributed by atoms with Gasteiger partial charge in [0.2, 0.25) is 11.8 Å². The van der Waals surface area contributed by atoms with E-state index in [1.54, 1.807) is 0 Å². The number of thioether (sulfide) groups is 1.